The molecule has 10 heteroatoms. The maximum absolute atomic E-state index is 13.6. The van der Waals surface area contributed by atoms with E-state index in [1.54, 1.807) is 55.5 Å². The second kappa shape index (κ2) is 14.8. The summed E-state index contributed by atoms with van der Waals surface area (Å²) in [4.78, 5) is 53.8. The molecule has 234 valence electrons. The van der Waals surface area contributed by atoms with Crippen molar-refractivity contribution in [1.29, 1.82) is 0 Å². The first-order valence-corrected chi connectivity index (χ1v) is 17.0. The molecular weight excluding hydrogens is 609 g/mol. The number of anilines is 2. The number of carbonyl (C=O) groups is 4. The molecule has 45 heavy (non-hydrogen) atoms. The topological polar surface area (TPSA) is 122 Å². The number of nitrogens with one attached hydrogen (secondary N) is 2. The van der Waals surface area contributed by atoms with Gasteiger partial charge in [0.05, 0.1) is 23.0 Å². The van der Waals surface area contributed by atoms with Gasteiger partial charge in [0, 0.05) is 26.4 Å². The first-order valence-electron chi connectivity index (χ1n) is 15.3. The van der Waals surface area contributed by atoms with Crippen LogP contribution in [0.25, 0.3) is 10.8 Å². The van der Waals surface area contributed by atoms with E-state index in [4.69, 9.17) is 4.74 Å². The zero-order valence-electron chi connectivity index (χ0n) is 25.3. The van der Waals surface area contributed by atoms with Crippen LogP contribution in [0, 0.1) is 0 Å². The van der Waals surface area contributed by atoms with E-state index in [2.05, 4.69) is 10.6 Å². The minimum absolute atomic E-state index is 0.0585. The van der Waals surface area contributed by atoms with Crippen molar-refractivity contribution in [1.82, 2.24) is 0 Å². The number of amides is 2. The molecule has 1 heterocycles. The Morgan fingerprint density at radius 2 is 1.62 bits per heavy atom. The molecule has 1 aliphatic rings. The Balaban J connectivity index is 1.34. The molecular formula is C35H36N2O6S2. The summed E-state index contributed by atoms with van der Waals surface area (Å²) in [6.07, 6.45) is 6.59. The normalized spacial score (nSPS) is 13.6. The monoisotopic (exact) mass is 644 g/mol. The van der Waals surface area contributed by atoms with E-state index < -0.39 is 23.1 Å². The van der Waals surface area contributed by atoms with Crippen LogP contribution in [0.5, 0.6) is 0 Å². The van der Waals surface area contributed by atoms with E-state index >= 15 is 0 Å². The average Bonchev–Trinajstić information content (AvgIpc) is 3.34. The number of esters is 1. The lowest BCUT2D eigenvalue weighted by Gasteiger charge is -2.16. The molecule has 0 bridgehead atoms. The quantitative estimate of drug-likeness (QED) is 0.118. The van der Waals surface area contributed by atoms with Gasteiger partial charge in [0.2, 0.25) is 5.91 Å². The summed E-state index contributed by atoms with van der Waals surface area (Å²) in [5, 5.41) is 16.8. The lowest BCUT2D eigenvalue weighted by atomic mass is 9.96. The lowest BCUT2D eigenvalue weighted by Crippen LogP contribution is -2.25. The van der Waals surface area contributed by atoms with E-state index in [0.717, 1.165) is 53.9 Å². The number of ether oxygens (including phenoxy) is 1. The van der Waals surface area contributed by atoms with Crippen molar-refractivity contribution >= 4 is 68.3 Å². The SMILES string of the molecule is CCOC(=O)c1c(NC(=O)C(CC)Sc2cccc(NC(=O)c3cccc4cccc(C(=O)O)c34)c2)sc2c1CCCCCC2. The Bertz CT molecular complexity index is 1740. The van der Waals surface area contributed by atoms with Gasteiger partial charge < -0.3 is 20.5 Å². The Morgan fingerprint density at radius 1 is 0.911 bits per heavy atom. The van der Waals surface area contributed by atoms with Crippen molar-refractivity contribution in [3.8, 4) is 0 Å². The molecule has 1 atom stereocenters. The summed E-state index contributed by atoms with van der Waals surface area (Å²) in [6, 6.07) is 17.2. The number of carboxylic acid groups (broad SMARTS) is 1. The number of aromatic carboxylic acids is 1. The molecule has 3 aromatic carbocycles. The second-order valence-electron chi connectivity index (χ2n) is 10.8. The number of thiophene rings is 1. The zero-order chi connectivity index (χ0) is 31.9. The summed E-state index contributed by atoms with van der Waals surface area (Å²) < 4.78 is 5.40. The molecule has 0 spiro atoms. The van der Waals surface area contributed by atoms with Gasteiger partial charge in [-0.3, -0.25) is 9.59 Å². The number of aryl methyl sites for hydroxylation is 1. The van der Waals surface area contributed by atoms with Crippen LogP contribution in [0.15, 0.2) is 65.6 Å². The summed E-state index contributed by atoms with van der Waals surface area (Å²) >= 11 is 2.86. The fourth-order valence-electron chi connectivity index (χ4n) is 5.66. The third-order valence-electron chi connectivity index (χ3n) is 7.80. The second-order valence-corrected chi connectivity index (χ2v) is 13.2. The smallest absolute Gasteiger partial charge is 0.341 e. The van der Waals surface area contributed by atoms with Gasteiger partial charge in [0.25, 0.3) is 5.91 Å². The van der Waals surface area contributed by atoms with Crippen LogP contribution in [0.2, 0.25) is 0 Å². The van der Waals surface area contributed by atoms with E-state index in [1.165, 1.54) is 29.2 Å². The average molecular weight is 645 g/mol. The highest BCUT2D eigenvalue weighted by atomic mass is 32.2. The predicted octanol–water partition coefficient (Wildman–Crippen LogP) is 8.20. The molecule has 4 aromatic rings. The number of carboxylic acids is 1. The molecule has 0 saturated carbocycles. The molecule has 0 fully saturated rings. The first kappa shape index (κ1) is 32.2. The van der Waals surface area contributed by atoms with Gasteiger partial charge in [-0.2, -0.15) is 0 Å². The van der Waals surface area contributed by atoms with Gasteiger partial charge in [-0.25, -0.2) is 9.59 Å². The zero-order valence-corrected chi connectivity index (χ0v) is 26.9. The van der Waals surface area contributed by atoms with Crippen molar-refractivity contribution in [3.63, 3.8) is 0 Å². The van der Waals surface area contributed by atoms with Crippen LogP contribution >= 0.6 is 23.1 Å². The molecule has 0 radical (unpaired) electrons. The molecule has 1 aliphatic carbocycles. The fourth-order valence-corrected chi connectivity index (χ4v) is 7.95. The highest BCUT2D eigenvalue weighted by Crippen LogP contribution is 2.38. The third-order valence-corrected chi connectivity index (χ3v) is 10.4. The molecule has 8 nitrogen and oxygen atoms in total. The van der Waals surface area contributed by atoms with E-state index in [9.17, 15) is 24.3 Å². The van der Waals surface area contributed by atoms with Gasteiger partial charge in [-0.15, -0.1) is 23.1 Å². The molecule has 3 N–H and O–H groups in total. The van der Waals surface area contributed by atoms with Gasteiger partial charge in [0.1, 0.15) is 5.00 Å². The Labute approximate surface area is 270 Å². The van der Waals surface area contributed by atoms with Crippen molar-refractivity contribution in [2.24, 2.45) is 0 Å². The number of hydrogen-bond acceptors (Lipinski definition) is 7. The number of benzene rings is 3. The van der Waals surface area contributed by atoms with Crippen molar-refractivity contribution in [2.45, 2.75) is 68.9 Å². The fraction of sp³-hybridized carbons (Fsp3) is 0.314. The van der Waals surface area contributed by atoms with E-state index in [0.29, 0.717) is 33.4 Å². The first-order chi connectivity index (χ1) is 21.8. The van der Waals surface area contributed by atoms with Crippen LogP contribution in [0.3, 0.4) is 0 Å². The van der Waals surface area contributed by atoms with Crippen LogP contribution in [-0.2, 0) is 22.4 Å². The largest absolute Gasteiger partial charge is 0.478 e. The standard InChI is InChI=1S/C35H36N2O6S2/c1-3-27(32(39)37-33-30(35(42)43-4-2)24-16-7-5-6-8-19-28(24)45-33)44-23-15-11-14-22(20-23)36-31(38)25-17-9-12-21-13-10-18-26(29(21)25)34(40)41/h9-15,17-18,20,27H,3-8,16,19H2,1-2H3,(H,36,38)(H,37,39)(H,40,41). The summed E-state index contributed by atoms with van der Waals surface area (Å²) in [5.74, 6) is -2.13. The molecule has 5 rings (SSSR count). The van der Waals surface area contributed by atoms with Gasteiger partial charge in [-0.1, -0.05) is 50.1 Å². The number of thioether (sulfide) groups is 1. The van der Waals surface area contributed by atoms with Crippen LogP contribution < -0.4 is 10.6 Å². The number of hydrogen-bond donors (Lipinski definition) is 3. The Kier molecular flexibility index (Phi) is 10.6. The van der Waals surface area contributed by atoms with Crippen molar-refractivity contribution < 1.29 is 29.0 Å². The molecule has 0 saturated heterocycles. The minimum Gasteiger partial charge on any atom is -0.478 e. The maximum atomic E-state index is 13.6. The third kappa shape index (κ3) is 7.40. The summed E-state index contributed by atoms with van der Waals surface area (Å²) in [7, 11) is 0. The molecule has 2 amide bonds. The highest BCUT2D eigenvalue weighted by molar-refractivity contribution is 8.00. The summed E-state index contributed by atoms with van der Waals surface area (Å²) in [5.41, 5.74) is 2.35. The molecule has 1 unspecified atom stereocenters. The van der Waals surface area contributed by atoms with E-state index in [-0.39, 0.29) is 23.6 Å². The Morgan fingerprint density at radius 3 is 2.33 bits per heavy atom. The van der Waals surface area contributed by atoms with Crippen LogP contribution in [0.1, 0.15) is 87.5 Å². The number of rotatable bonds is 10. The molecule has 1 aromatic heterocycles. The van der Waals surface area contributed by atoms with Gasteiger partial charge >= 0.3 is 11.9 Å². The Hall–Kier alpha value is -4.15. The number of fused-ring (bicyclic) bond motifs is 2. The van der Waals surface area contributed by atoms with Crippen LogP contribution in [0.4, 0.5) is 10.7 Å². The van der Waals surface area contributed by atoms with Crippen molar-refractivity contribution in [2.75, 3.05) is 17.2 Å². The lowest BCUT2D eigenvalue weighted by molar-refractivity contribution is -0.115. The highest BCUT2D eigenvalue weighted by Gasteiger charge is 2.28. The number of carbonyl (C=O) groups excluding carboxylic acids is 3. The summed E-state index contributed by atoms with van der Waals surface area (Å²) in [6.45, 7) is 3.98. The molecule has 0 aliphatic heterocycles. The van der Waals surface area contributed by atoms with Crippen LogP contribution in [-0.4, -0.2) is 40.7 Å². The maximum Gasteiger partial charge on any atom is 0.341 e. The van der Waals surface area contributed by atoms with Crippen molar-refractivity contribution in [3.05, 3.63) is 87.8 Å². The predicted molar refractivity (Wildman–Crippen MR) is 180 cm³/mol. The van der Waals surface area contributed by atoms with E-state index in [1.807, 2.05) is 13.0 Å². The van der Waals surface area contributed by atoms with Gasteiger partial charge in [0.15, 0.2) is 0 Å². The van der Waals surface area contributed by atoms with Gasteiger partial charge in [-0.05, 0) is 80.3 Å². The minimum atomic E-state index is -1.11.